The average molecular weight is 245 g/mol. The zero-order valence-corrected chi connectivity index (χ0v) is 9.98. The monoisotopic (exact) mass is 245 g/mol. The van der Waals surface area contributed by atoms with E-state index in [1.807, 2.05) is 30.3 Å². The predicted molar refractivity (Wildman–Crippen MR) is 65.3 cm³/mol. The molecule has 17 heavy (non-hydrogen) atoms. The summed E-state index contributed by atoms with van der Waals surface area (Å²) in [5, 5.41) is 12.3. The smallest absolute Gasteiger partial charge is 0.236 e. The SMILES string of the molecule is N#CCSCc1nc(Cc2ccccc2)no1. The lowest BCUT2D eigenvalue weighted by Crippen LogP contribution is -1.90. The van der Waals surface area contributed by atoms with E-state index in [0.717, 1.165) is 5.56 Å². The molecule has 4 nitrogen and oxygen atoms in total. The van der Waals surface area contributed by atoms with Crippen LogP contribution in [0.5, 0.6) is 0 Å². The van der Waals surface area contributed by atoms with Crippen molar-refractivity contribution in [2.75, 3.05) is 5.75 Å². The average Bonchev–Trinajstić information content (AvgIpc) is 2.79. The molecular weight excluding hydrogens is 234 g/mol. The summed E-state index contributed by atoms with van der Waals surface area (Å²) in [7, 11) is 0. The highest BCUT2D eigenvalue weighted by Crippen LogP contribution is 2.11. The van der Waals surface area contributed by atoms with Gasteiger partial charge in [-0.1, -0.05) is 35.5 Å². The van der Waals surface area contributed by atoms with Crippen molar-refractivity contribution in [1.29, 1.82) is 5.26 Å². The Hall–Kier alpha value is -1.80. The first-order chi connectivity index (χ1) is 8.38. The van der Waals surface area contributed by atoms with Gasteiger partial charge in [-0.25, -0.2) is 0 Å². The molecule has 1 aromatic heterocycles. The van der Waals surface area contributed by atoms with Crippen LogP contribution in [0, 0.1) is 11.3 Å². The normalized spacial score (nSPS) is 10.1. The van der Waals surface area contributed by atoms with E-state index in [1.54, 1.807) is 0 Å². The van der Waals surface area contributed by atoms with Gasteiger partial charge in [-0.3, -0.25) is 0 Å². The first-order valence-electron chi connectivity index (χ1n) is 5.18. The van der Waals surface area contributed by atoms with Crippen molar-refractivity contribution in [3.8, 4) is 6.07 Å². The Bertz CT molecular complexity index is 504. The minimum absolute atomic E-state index is 0.441. The third kappa shape index (κ3) is 3.61. The van der Waals surface area contributed by atoms with Crippen LogP contribution in [-0.2, 0) is 12.2 Å². The van der Waals surface area contributed by atoms with Gasteiger partial charge in [-0.2, -0.15) is 10.2 Å². The summed E-state index contributed by atoms with van der Waals surface area (Å²) < 4.78 is 5.09. The number of nitrogens with zero attached hydrogens (tertiary/aromatic N) is 3. The number of thioether (sulfide) groups is 1. The van der Waals surface area contributed by atoms with Crippen LogP contribution in [-0.4, -0.2) is 15.9 Å². The second-order valence-corrected chi connectivity index (χ2v) is 4.40. The van der Waals surface area contributed by atoms with Gasteiger partial charge in [0.05, 0.1) is 17.6 Å². The number of rotatable bonds is 5. The van der Waals surface area contributed by atoms with Gasteiger partial charge in [-0.05, 0) is 5.56 Å². The fourth-order valence-electron chi connectivity index (χ4n) is 1.38. The van der Waals surface area contributed by atoms with E-state index < -0.39 is 0 Å². The van der Waals surface area contributed by atoms with Crippen molar-refractivity contribution in [3.05, 3.63) is 47.6 Å². The zero-order valence-electron chi connectivity index (χ0n) is 9.17. The van der Waals surface area contributed by atoms with Crippen molar-refractivity contribution < 1.29 is 4.52 Å². The molecule has 0 spiro atoms. The first-order valence-corrected chi connectivity index (χ1v) is 6.34. The van der Waals surface area contributed by atoms with Crippen molar-refractivity contribution in [2.45, 2.75) is 12.2 Å². The molecule has 86 valence electrons. The highest BCUT2D eigenvalue weighted by atomic mass is 32.2. The van der Waals surface area contributed by atoms with E-state index in [4.69, 9.17) is 9.78 Å². The molecule has 1 heterocycles. The largest absolute Gasteiger partial charge is 0.338 e. The summed E-state index contributed by atoms with van der Waals surface area (Å²) in [5.74, 6) is 2.30. The van der Waals surface area contributed by atoms with Crippen LogP contribution >= 0.6 is 11.8 Å². The summed E-state index contributed by atoms with van der Waals surface area (Å²) in [6, 6.07) is 12.1. The van der Waals surface area contributed by atoms with E-state index in [2.05, 4.69) is 16.2 Å². The predicted octanol–water partition coefficient (Wildman–Crippen LogP) is 2.42. The molecule has 0 saturated carbocycles. The molecule has 0 aliphatic heterocycles. The number of hydrogen-bond donors (Lipinski definition) is 0. The lowest BCUT2D eigenvalue weighted by atomic mass is 10.1. The summed E-state index contributed by atoms with van der Waals surface area (Å²) in [4.78, 5) is 4.27. The quantitative estimate of drug-likeness (QED) is 0.757. The molecule has 0 saturated heterocycles. The number of nitriles is 1. The Morgan fingerprint density at radius 2 is 2.12 bits per heavy atom. The first kappa shape index (κ1) is 11.7. The van der Waals surface area contributed by atoms with Gasteiger partial charge in [0.25, 0.3) is 0 Å². The van der Waals surface area contributed by atoms with Crippen molar-refractivity contribution in [3.63, 3.8) is 0 Å². The second-order valence-electron chi connectivity index (χ2n) is 3.42. The van der Waals surface area contributed by atoms with Gasteiger partial charge in [0.15, 0.2) is 5.82 Å². The van der Waals surface area contributed by atoms with Gasteiger partial charge in [0, 0.05) is 6.42 Å². The topological polar surface area (TPSA) is 62.7 Å². The van der Waals surface area contributed by atoms with Crippen LogP contribution in [0.15, 0.2) is 34.9 Å². The minimum atomic E-state index is 0.441. The minimum Gasteiger partial charge on any atom is -0.338 e. The fourth-order valence-corrected chi connectivity index (χ4v) is 1.87. The molecule has 0 aliphatic rings. The van der Waals surface area contributed by atoms with Gasteiger partial charge >= 0.3 is 0 Å². The second kappa shape index (κ2) is 6.06. The maximum Gasteiger partial charge on any atom is 0.236 e. The maximum atomic E-state index is 8.41. The van der Waals surface area contributed by atoms with E-state index in [9.17, 15) is 0 Å². The molecule has 0 aliphatic carbocycles. The number of hydrogen-bond acceptors (Lipinski definition) is 5. The molecule has 0 amide bonds. The van der Waals surface area contributed by atoms with Gasteiger partial charge in [-0.15, -0.1) is 11.8 Å². The van der Waals surface area contributed by atoms with Gasteiger partial charge in [0.1, 0.15) is 0 Å². The van der Waals surface area contributed by atoms with Crippen LogP contribution in [0.25, 0.3) is 0 Å². The Kier molecular flexibility index (Phi) is 4.17. The van der Waals surface area contributed by atoms with Crippen LogP contribution < -0.4 is 0 Å². The third-order valence-electron chi connectivity index (χ3n) is 2.11. The molecule has 2 aromatic rings. The molecule has 2 rings (SSSR count). The molecule has 0 bridgehead atoms. The maximum absolute atomic E-state index is 8.41. The van der Waals surface area contributed by atoms with E-state index in [-0.39, 0.29) is 0 Å². The number of benzene rings is 1. The highest BCUT2D eigenvalue weighted by molar-refractivity contribution is 7.98. The molecule has 0 radical (unpaired) electrons. The van der Waals surface area contributed by atoms with Gasteiger partial charge in [0.2, 0.25) is 5.89 Å². The molecule has 1 aromatic carbocycles. The number of aromatic nitrogens is 2. The van der Waals surface area contributed by atoms with Crippen LogP contribution in [0.4, 0.5) is 0 Å². The van der Waals surface area contributed by atoms with Crippen molar-refractivity contribution in [2.24, 2.45) is 0 Å². The fraction of sp³-hybridized carbons (Fsp3) is 0.250. The Morgan fingerprint density at radius 1 is 1.29 bits per heavy atom. The highest BCUT2D eigenvalue weighted by Gasteiger charge is 2.06. The summed E-state index contributed by atoms with van der Waals surface area (Å²) >= 11 is 1.47. The molecule has 5 heteroatoms. The van der Waals surface area contributed by atoms with Crippen LogP contribution in [0.3, 0.4) is 0 Å². The van der Waals surface area contributed by atoms with Crippen molar-refractivity contribution in [1.82, 2.24) is 10.1 Å². The van der Waals surface area contributed by atoms with E-state index in [1.165, 1.54) is 11.8 Å². The third-order valence-corrected chi connectivity index (χ3v) is 2.89. The zero-order chi connectivity index (χ0) is 11.9. The van der Waals surface area contributed by atoms with E-state index >= 15 is 0 Å². The molecule has 0 unspecified atom stereocenters. The van der Waals surface area contributed by atoms with Crippen LogP contribution in [0.2, 0.25) is 0 Å². The lowest BCUT2D eigenvalue weighted by molar-refractivity contribution is 0.386. The summed E-state index contributed by atoms with van der Waals surface area (Å²) in [6.07, 6.45) is 0.674. The molecule has 0 atom stereocenters. The van der Waals surface area contributed by atoms with Crippen molar-refractivity contribution >= 4 is 11.8 Å². The Balaban J connectivity index is 1.93. The summed E-state index contributed by atoms with van der Waals surface area (Å²) in [5.41, 5.74) is 1.16. The Labute approximate surface area is 104 Å². The van der Waals surface area contributed by atoms with Crippen LogP contribution in [0.1, 0.15) is 17.3 Å². The van der Waals surface area contributed by atoms with E-state index in [0.29, 0.717) is 29.6 Å². The molecule has 0 fully saturated rings. The molecule has 0 N–H and O–H groups in total. The summed E-state index contributed by atoms with van der Waals surface area (Å²) in [6.45, 7) is 0. The lowest BCUT2D eigenvalue weighted by Gasteiger charge is -1.93. The van der Waals surface area contributed by atoms with Gasteiger partial charge < -0.3 is 4.52 Å². The molecular formula is C12H11N3OS. The standard InChI is InChI=1S/C12H11N3OS/c13-6-7-17-9-12-14-11(15-16-12)8-10-4-2-1-3-5-10/h1-5H,7-9H2. The Morgan fingerprint density at radius 3 is 2.88 bits per heavy atom.